The van der Waals surface area contributed by atoms with Crippen LogP contribution in [0.25, 0.3) is 0 Å². The van der Waals surface area contributed by atoms with Gasteiger partial charge in [-0.1, -0.05) is 11.6 Å². The van der Waals surface area contributed by atoms with Crippen LogP contribution in [0.2, 0.25) is 5.02 Å². The topological polar surface area (TPSA) is 52.6 Å². The van der Waals surface area contributed by atoms with Crippen LogP contribution in [-0.2, 0) is 20.9 Å². The summed E-state index contributed by atoms with van der Waals surface area (Å²) in [6.07, 6.45) is -4.10. The number of rotatable bonds is 4. The first-order valence-corrected chi connectivity index (χ1v) is 6.65. The number of alkyl halides is 3. The molecule has 9 heteroatoms. The Kier molecular flexibility index (Phi) is 4.46. The van der Waals surface area contributed by atoms with Gasteiger partial charge in [-0.25, -0.2) is 0 Å². The largest absolute Gasteiger partial charge is 0.573 e. The first-order valence-electron chi connectivity index (χ1n) is 4.45. The van der Waals surface area contributed by atoms with Crippen LogP contribution in [0.4, 0.5) is 13.2 Å². The lowest BCUT2D eigenvalue weighted by molar-refractivity contribution is -0.275. The lowest BCUT2D eigenvalue weighted by Crippen LogP contribution is -2.18. The molecule has 0 aliphatic rings. The van der Waals surface area contributed by atoms with Crippen LogP contribution >= 0.6 is 11.6 Å². The van der Waals surface area contributed by atoms with Crippen LogP contribution < -0.4 is 4.74 Å². The first kappa shape index (κ1) is 15.1. The minimum Gasteiger partial charge on any atom is -0.405 e. The van der Waals surface area contributed by atoms with Crippen LogP contribution in [0.3, 0.4) is 0 Å². The molecule has 0 aliphatic heterocycles. The Hall–Kier alpha value is -0.990. The van der Waals surface area contributed by atoms with E-state index in [1.54, 1.807) is 0 Å². The van der Waals surface area contributed by atoms with Gasteiger partial charge in [-0.2, -0.15) is 8.42 Å². The molecule has 18 heavy (non-hydrogen) atoms. The van der Waals surface area contributed by atoms with Gasteiger partial charge in [-0.3, -0.25) is 4.18 Å². The van der Waals surface area contributed by atoms with Crippen LogP contribution in [0.15, 0.2) is 18.2 Å². The molecule has 0 amide bonds. The molecule has 0 saturated carbocycles. The Morgan fingerprint density at radius 3 is 2.44 bits per heavy atom. The second-order valence-corrected chi connectivity index (χ2v) is 5.35. The SMILES string of the molecule is CS(=O)(=O)OCc1cc(Cl)ccc1OC(F)(F)F. The molecular formula is C9H8ClF3O4S. The third-order valence-corrected chi connectivity index (χ3v) is 2.46. The second kappa shape index (κ2) is 5.33. The van der Waals surface area contributed by atoms with E-state index in [2.05, 4.69) is 8.92 Å². The van der Waals surface area contributed by atoms with E-state index >= 15 is 0 Å². The first-order chi connectivity index (χ1) is 8.07. The van der Waals surface area contributed by atoms with E-state index in [0.717, 1.165) is 18.4 Å². The molecule has 0 atom stereocenters. The summed E-state index contributed by atoms with van der Waals surface area (Å²) in [4.78, 5) is 0. The Bertz CT molecular complexity index is 527. The van der Waals surface area contributed by atoms with Crippen molar-refractivity contribution >= 4 is 21.7 Å². The molecule has 0 bridgehead atoms. The van der Waals surface area contributed by atoms with E-state index in [1.807, 2.05) is 0 Å². The maximum atomic E-state index is 12.1. The molecule has 0 heterocycles. The van der Waals surface area contributed by atoms with Crippen molar-refractivity contribution in [2.24, 2.45) is 0 Å². The van der Waals surface area contributed by atoms with Crippen LogP contribution in [-0.4, -0.2) is 21.0 Å². The number of hydrogen-bond donors (Lipinski definition) is 0. The zero-order valence-electron chi connectivity index (χ0n) is 8.99. The van der Waals surface area contributed by atoms with Gasteiger partial charge in [0.2, 0.25) is 0 Å². The van der Waals surface area contributed by atoms with E-state index in [0.29, 0.717) is 0 Å². The lowest BCUT2D eigenvalue weighted by Gasteiger charge is -2.13. The van der Waals surface area contributed by atoms with Crippen molar-refractivity contribution in [2.45, 2.75) is 13.0 Å². The maximum Gasteiger partial charge on any atom is 0.573 e. The van der Waals surface area contributed by atoms with E-state index in [-0.39, 0.29) is 10.6 Å². The van der Waals surface area contributed by atoms with Crippen molar-refractivity contribution in [3.05, 3.63) is 28.8 Å². The molecule has 0 unspecified atom stereocenters. The summed E-state index contributed by atoms with van der Waals surface area (Å²) in [7, 11) is -3.78. The highest BCUT2D eigenvalue weighted by molar-refractivity contribution is 7.85. The van der Waals surface area contributed by atoms with Gasteiger partial charge in [-0.15, -0.1) is 13.2 Å². The minimum absolute atomic E-state index is 0.120. The summed E-state index contributed by atoms with van der Waals surface area (Å²) in [5, 5.41) is 0.136. The van der Waals surface area contributed by atoms with Gasteiger partial charge in [0, 0.05) is 10.6 Å². The molecule has 0 N–H and O–H groups in total. The average Bonchev–Trinajstić information content (AvgIpc) is 2.15. The summed E-state index contributed by atoms with van der Waals surface area (Å²) in [6, 6.07) is 3.30. The molecule has 0 aromatic heterocycles. The van der Waals surface area contributed by atoms with Gasteiger partial charge in [0.25, 0.3) is 10.1 Å². The van der Waals surface area contributed by atoms with Gasteiger partial charge in [0.15, 0.2) is 0 Å². The van der Waals surface area contributed by atoms with Crippen LogP contribution in [0.5, 0.6) is 5.75 Å². The summed E-state index contributed by atoms with van der Waals surface area (Å²) >= 11 is 5.60. The Morgan fingerprint density at radius 1 is 1.33 bits per heavy atom. The monoisotopic (exact) mass is 304 g/mol. The van der Waals surface area contributed by atoms with Gasteiger partial charge in [0.1, 0.15) is 5.75 Å². The third-order valence-electron chi connectivity index (χ3n) is 1.68. The second-order valence-electron chi connectivity index (χ2n) is 3.27. The van der Waals surface area contributed by atoms with Crippen molar-refractivity contribution in [3.8, 4) is 5.75 Å². The fourth-order valence-electron chi connectivity index (χ4n) is 1.06. The Morgan fingerprint density at radius 2 is 1.94 bits per heavy atom. The van der Waals surface area contributed by atoms with Gasteiger partial charge >= 0.3 is 6.36 Å². The highest BCUT2D eigenvalue weighted by Gasteiger charge is 2.32. The predicted octanol–water partition coefficient (Wildman–Crippen LogP) is 2.71. The van der Waals surface area contributed by atoms with Crippen molar-refractivity contribution in [2.75, 3.05) is 6.26 Å². The number of ether oxygens (including phenoxy) is 1. The third kappa shape index (κ3) is 5.56. The number of benzene rings is 1. The summed E-state index contributed by atoms with van der Waals surface area (Å²) in [6.45, 7) is -0.592. The molecule has 0 aliphatic carbocycles. The molecular weight excluding hydrogens is 297 g/mol. The zero-order chi connectivity index (χ0) is 14.0. The van der Waals surface area contributed by atoms with Crippen LogP contribution in [0.1, 0.15) is 5.56 Å². The summed E-state index contributed by atoms with van der Waals surface area (Å²) in [5.74, 6) is -0.560. The molecule has 0 radical (unpaired) electrons. The van der Waals surface area contributed by atoms with Crippen molar-refractivity contribution in [1.82, 2.24) is 0 Å². The molecule has 4 nitrogen and oxygen atoms in total. The standard InChI is InChI=1S/C9H8ClF3O4S/c1-18(14,15)16-5-6-4-7(10)2-3-8(6)17-9(11,12)13/h2-4H,5H2,1H3. The summed E-state index contributed by atoms with van der Waals surface area (Å²) < 4.78 is 65.9. The smallest absolute Gasteiger partial charge is 0.405 e. The lowest BCUT2D eigenvalue weighted by atomic mass is 10.2. The van der Waals surface area contributed by atoms with Crippen molar-refractivity contribution in [1.29, 1.82) is 0 Å². The maximum absolute atomic E-state index is 12.1. The molecule has 1 aromatic rings. The van der Waals surface area contributed by atoms with Crippen molar-refractivity contribution in [3.63, 3.8) is 0 Å². The van der Waals surface area contributed by atoms with E-state index in [9.17, 15) is 21.6 Å². The Balaban J connectivity index is 2.97. The average molecular weight is 305 g/mol. The highest BCUT2D eigenvalue weighted by Crippen LogP contribution is 2.29. The van der Waals surface area contributed by atoms with Crippen molar-refractivity contribution < 1.29 is 30.5 Å². The molecule has 0 spiro atoms. The fourth-order valence-corrected chi connectivity index (χ4v) is 1.59. The fraction of sp³-hybridized carbons (Fsp3) is 0.333. The summed E-state index contributed by atoms with van der Waals surface area (Å²) in [5.41, 5.74) is -0.120. The van der Waals surface area contributed by atoms with Gasteiger partial charge in [-0.05, 0) is 18.2 Å². The van der Waals surface area contributed by atoms with Gasteiger partial charge < -0.3 is 4.74 Å². The predicted molar refractivity (Wildman–Crippen MR) is 57.8 cm³/mol. The molecule has 102 valence electrons. The minimum atomic E-state index is -4.88. The van der Waals surface area contributed by atoms with E-state index < -0.39 is 28.8 Å². The highest BCUT2D eigenvalue weighted by atomic mass is 35.5. The quantitative estimate of drug-likeness (QED) is 0.803. The Labute approximate surface area is 106 Å². The van der Waals surface area contributed by atoms with Crippen LogP contribution in [0, 0.1) is 0 Å². The number of hydrogen-bond acceptors (Lipinski definition) is 4. The van der Waals surface area contributed by atoms with E-state index in [4.69, 9.17) is 11.6 Å². The zero-order valence-corrected chi connectivity index (χ0v) is 10.6. The van der Waals surface area contributed by atoms with Gasteiger partial charge in [0.05, 0.1) is 12.9 Å². The molecule has 1 aromatic carbocycles. The number of halogens is 4. The molecule has 1 rings (SSSR count). The normalized spacial score (nSPS) is 12.5. The van der Waals surface area contributed by atoms with E-state index in [1.165, 1.54) is 6.07 Å². The molecule has 0 fully saturated rings. The molecule has 0 saturated heterocycles.